The fourth-order valence-electron chi connectivity index (χ4n) is 1.86. The second-order valence-corrected chi connectivity index (χ2v) is 5.00. The maximum Gasteiger partial charge on any atom is 0.238 e. The number of rotatable bonds is 8. The van der Waals surface area contributed by atoms with Gasteiger partial charge in [0, 0.05) is 5.69 Å². The van der Waals surface area contributed by atoms with E-state index in [1.165, 1.54) is 5.56 Å². The smallest absolute Gasteiger partial charge is 0.238 e. The fourth-order valence-corrected chi connectivity index (χ4v) is 1.86. The zero-order valence-electron chi connectivity index (χ0n) is 12.0. The number of likely N-dealkylation sites (N-methyl/N-ethyl adjacent to an activating group) is 1. The molecule has 106 valence electrons. The van der Waals surface area contributed by atoms with E-state index in [1.54, 1.807) is 0 Å². The fraction of sp³-hybridized carbons (Fsp3) is 0.533. The van der Waals surface area contributed by atoms with Gasteiger partial charge in [0.2, 0.25) is 5.91 Å². The van der Waals surface area contributed by atoms with Crippen LogP contribution in [-0.2, 0) is 4.79 Å². The van der Waals surface area contributed by atoms with Crippen LogP contribution in [0.25, 0.3) is 0 Å². The van der Waals surface area contributed by atoms with E-state index >= 15 is 0 Å². The molecule has 0 saturated carbocycles. The topological polar surface area (TPSA) is 58.4 Å². The molecule has 0 atom stereocenters. The van der Waals surface area contributed by atoms with Gasteiger partial charge in [-0.3, -0.25) is 9.69 Å². The third-order valence-electron chi connectivity index (χ3n) is 2.99. The van der Waals surface area contributed by atoms with Crippen molar-refractivity contribution in [3.8, 4) is 0 Å². The van der Waals surface area contributed by atoms with Crippen molar-refractivity contribution >= 4 is 11.6 Å². The number of nitrogens with one attached hydrogen (secondary N) is 1. The number of hydrogen-bond donors (Lipinski definition) is 2. The van der Waals surface area contributed by atoms with Crippen molar-refractivity contribution in [2.24, 2.45) is 5.73 Å². The van der Waals surface area contributed by atoms with Crippen LogP contribution in [0.4, 0.5) is 5.69 Å². The summed E-state index contributed by atoms with van der Waals surface area (Å²) < 4.78 is 0. The van der Waals surface area contributed by atoms with E-state index in [0.29, 0.717) is 6.54 Å². The average Bonchev–Trinajstić information content (AvgIpc) is 2.37. The van der Waals surface area contributed by atoms with Crippen molar-refractivity contribution in [3.63, 3.8) is 0 Å². The summed E-state index contributed by atoms with van der Waals surface area (Å²) in [5, 5.41) is 2.90. The lowest BCUT2D eigenvalue weighted by atomic mass is 10.2. The minimum absolute atomic E-state index is 0.0326. The normalized spacial score (nSPS) is 10.7. The number of unbranched alkanes of at least 4 members (excludes halogenated alkanes) is 2. The number of hydrogen-bond acceptors (Lipinski definition) is 3. The second kappa shape index (κ2) is 8.67. The van der Waals surface area contributed by atoms with Crippen molar-refractivity contribution in [1.82, 2.24) is 4.90 Å². The number of carbonyl (C=O) groups excluding carboxylic acids is 1. The average molecular weight is 263 g/mol. The lowest BCUT2D eigenvalue weighted by Gasteiger charge is -2.16. The zero-order chi connectivity index (χ0) is 14.1. The van der Waals surface area contributed by atoms with Crippen molar-refractivity contribution in [2.75, 3.05) is 32.0 Å². The highest BCUT2D eigenvalue weighted by Crippen LogP contribution is 2.08. The largest absolute Gasteiger partial charge is 0.330 e. The molecule has 0 heterocycles. The van der Waals surface area contributed by atoms with E-state index in [2.05, 4.69) is 5.32 Å². The Hall–Kier alpha value is -1.39. The van der Waals surface area contributed by atoms with Crippen molar-refractivity contribution in [2.45, 2.75) is 26.2 Å². The van der Waals surface area contributed by atoms with Gasteiger partial charge in [0.25, 0.3) is 0 Å². The summed E-state index contributed by atoms with van der Waals surface area (Å²) in [6.07, 6.45) is 3.27. The molecule has 4 nitrogen and oxygen atoms in total. The predicted molar refractivity (Wildman–Crippen MR) is 80.2 cm³/mol. The SMILES string of the molecule is Cc1ccc(NC(=O)CN(C)CCCCCN)cc1. The van der Waals surface area contributed by atoms with E-state index in [1.807, 2.05) is 43.1 Å². The molecule has 0 radical (unpaired) electrons. The van der Waals surface area contributed by atoms with Crippen LogP contribution in [0.5, 0.6) is 0 Å². The number of nitrogens with zero attached hydrogens (tertiary/aromatic N) is 1. The Balaban J connectivity index is 2.24. The summed E-state index contributed by atoms with van der Waals surface area (Å²) in [7, 11) is 1.97. The Morgan fingerprint density at radius 2 is 1.89 bits per heavy atom. The monoisotopic (exact) mass is 263 g/mol. The summed E-state index contributed by atoms with van der Waals surface area (Å²) in [5.41, 5.74) is 7.49. The molecular formula is C15H25N3O. The first-order chi connectivity index (χ1) is 9.11. The van der Waals surface area contributed by atoms with Crippen molar-refractivity contribution in [3.05, 3.63) is 29.8 Å². The summed E-state index contributed by atoms with van der Waals surface area (Å²) in [6, 6.07) is 7.83. The molecule has 0 aliphatic heterocycles. The Morgan fingerprint density at radius 3 is 2.53 bits per heavy atom. The van der Waals surface area contributed by atoms with Crippen LogP contribution in [0.15, 0.2) is 24.3 Å². The van der Waals surface area contributed by atoms with Crippen molar-refractivity contribution in [1.29, 1.82) is 0 Å². The number of amides is 1. The Bertz CT molecular complexity index is 375. The van der Waals surface area contributed by atoms with E-state index in [-0.39, 0.29) is 5.91 Å². The van der Waals surface area contributed by atoms with Gasteiger partial charge >= 0.3 is 0 Å². The highest BCUT2D eigenvalue weighted by molar-refractivity contribution is 5.92. The number of anilines is 1. The van der Waals surface area contributed by atoms with Crippen LogP contribution in [0.1, 0.15) is 24.8 Å². The third kappa shape index (κ3) is 6.94. The van der Waals surface area contributed by atoms with Crippen LogP contribution < -0.4 is 11.1 Å². The van der Waals surface area contributed by atoms with Gasteiger partial charge in [-0.15, -0.1) is 0 Å². The molecule has 0 aromatic heterocycles. The van der Waals surface area contributed by atoms with Crippen LogP contribution >= 0.6 is 0 Å². The molecule has 1 amide bonds. The molecule has 0 fully saturated rings. The molecule has 0 aliphatic carbocycles. The standard InChI is InChI=1S/C15H25N3O/c1-13-6-8-14(9-7-13)17-15(19)12-18(2)11-5-3-4-10-16/h6-9H,3-5,10-12,16H2,1-2H3,(H,17,19). The molecule has 0 unspecified atom stereocenters. The van der Waals surface area contributed by atoms with Crippen LogP contribution in [0.2, 0.25) is 0 Å². The Kier molecular flexibility index (Phi) is 7.15. The van der Waals surface area contributed by atoms with Gasteiger partial charge in [0.1, 0.15) is 0 Å². The second-order valence-electron chi connectivity index (χ2n) is 5.00. The van der Waals surface area contributed by atoms with Gasteiger partial charge in [0.05, 0.1) is 6.54 Å². The molecule has 1 aromatic carbocycles. The number of carbonyl (C=O) groups is 1. The molecule has 4 heteroatoms. The summed E-state index contributed by atoms with van der Waals surface area (Å²) >= 11 is 0. The highest BCUT2D eigenvalue weighted by Gasteiger charge is 2.06. The number of nitrogens with two attached hydrogens (primary N) is 1. The van der Waals surface area contributed by atoms with Gasteiger partial charge in [-0.1, -0.05) is 24.1 Å². The maximum atomic E-state index is 11.8. The van der Waals surface area contributed by atoms with E-state index < -0.39 is 0 Å². The highest BCUT2D eigenvalue weighted by atomic mass is 16.2. The van der Waals surface area contributed by atoms with Crippen LogP contribution in [-0.4, -0.2) is 37.5 Å². The van der Waals surface area contributed by atoms with Gasteiger partial charge in [-0.2, -0.15) is 0 Å². The quantitative estimate of drug-likeness (QED) is 0.705. The first-order valence-corrected chi connectivity index (χ1v) is 6.87. The Labute approximate surface area is 116 Å². The third-order valence-corrected chi connectivity index (χ3v) is 2.99. The van der Waals surface area contributed by atoms with Gasteiger partial charge in [-0.25, -0.2) is 0 Å². The minimum Gasteiger partial charge on any atom is -0.330 e. The molecule has 1 rings (SSSR count). The van der Waals surface area contributed by atoms with Gasteiger partial charge in [0.15, 0.2) is 0 Å². The molecule has 19 heavy (non-hydrogen) atoms. The molecule has 3 N–H and O–H groups in total. The van der Waals surface area contributed by atoms with E-state index in [4.69, 9.17) is 5.73 Å². The first-order valence-electron chi connectivity index (χ1n) is 6.87. The lowest BCUT2D eigenvalue weighted by Crippen LogP contribution is -2.30. The molecule has 0 aliphatic rings. The molecule has 0 bridgehead atoms. The van der Waals surface area contributed by atoms with Crippen LogP contribution in [0.3, 0.4) is 0 Å². The zero-order valence-corrected chi connectivity index (χ0v) is 12.0. The van der Waals surface area contributed by atoms with Gasteiger partial charge in [-0.05, 0) is 52.0 Å². The summed E-state index contributed by atoms with van der Waals surface area (Å²) in [4.78, 5) is 13.9. The molecule has 0 saturated heterocycles. The first kappa shape index (κ1) is 15.7. The Morgan fingerprint density at radius 1 is 1.21 bits per heavy atom. The van der Waals surface area contributed by atoms with E-state index in [0.717, 1.165) is 38.0 Å². The number of benzene rings is 1. The molecule has 1 aromatic rings. The molecular weight excluding hydrogens is 238 g/mol. The van der Waals surface area contributed by atoms with Crippen LogP contribution in [0, 0.1) is 6.92 Å². The lowest BCUT2D eigenvalue weighted by molar-refractivity contribution is -0.117. The summed E-state index contributed by atoms with van der Waals surface area (Å²) in [5.74, 6) is 0.0326. The van der Waals surface area contributed by atoms with E-state index in [9.17, 15) is 4.79 Å². The number of aryl methyl sites for hydroxylation is 1. The predicted octanol–water partition coefficient (Wildman–Crippen LogP) is 1.99. The van der Waals surface area contributed by atoms with Crippen molar-refractivity contribution < 1.29 is 4.79 Å². The minimum atomic E-state index is 0.0326. The maximum absolute atomic E-state index is 11.8. The summed E-state index contributed by atoms with van der Waals surface area (Å²) in [6.45, 7) is 4.14. The van der Waals surface area contributed by atoms with Gasteiger partial charge < -0.3 is 11.1 Å². The molecule has 0 spiro atoms.